The summed E-state index contributed by atoms with van der Waals surface area (Å²) in [6.45, 7) is 4.13. The van der Waals surface area contributed by atoms with E-state index in [9.17, 15) is 0 Å². The molecule has 0 aliphatic heterocycles. The van der Waals surface area contributed by atoms with Crippen LogP contribution in [-0.4, -0.2) is 16.4 Å². The van der Waals surface area contributed by atoms with Gasteiger partial charge in [0.05, 0.1) is 34.2 Å². The fourth-order valence-electron chi connectivity index (χ4n) is 4.18. The Balaban J connectivity index is 1.72. The number of hydrogen-bond donors (Lipinski definition) is 0. The summed E-state index contributed by atoms with van der Waals surface area (Å²) in [5.74, 6) is 0. The van der Waals surface area contributed by atoms with Gasteiger partial charge in [0, 0.05) is 20.1 Å². The minimum atomic E-state index is 0.774. The fraction of sp³-hybridized carbons (Fsp3) is 0.0606. The highest BCUT2D eigenvalue weighted by atomic mass is 79.9. The quantitative estimate of drug-likeness (QED) is 0.174. The summed E-state index contributed by atoms with van der Waals surface area (Å²) in [6, 6.07) is 38.6. The highest BCUT2D eigenvalue weighted by Crippen LogP contribution is 2.32. The topological polar surface area (TPSA) is 37.6 Å². The van der Waals surface area contributed by atoms with Gasteiger partial charge in [-0.25, -0.2) is 15.0 Å². The van der Waals surface area contributed by atoms with Crippen LogP contribution in [0, 0.1) is 13.8 Å². The van der Waals surface area contributed by atoms with Crippen LogP contribution in [-0.2, 0) is 0 Å². The van der Waals surface area contributed by atoms with Crippen molar-refractivity contribution in [2.24, 2.45) is 9.98 Å². The number of hydrogen-bond acceptors (Lipinski definition) is 3. The molecule has 0 bridgehead atoms. The number of benzene rings is 4. The molecule has 1 aromatic heterocycles. The lowest BCUT2D eigenvalue weighted by Crippen LogP contribution is -2.12. The third-order valence-electron chi connectivity index (χ3n) is 6.15. The summed E-state index contributed by atoms with van der Waals surface area (Å²) in [7, 11) is 0. The third-order valence-corrected chi connectivity index (χ3v) is 7.43. The maximum absolute atomic E-state index is 5.14. The molecule has 0 saturated carbocycles. The molecule has 0 fully saturated rings. The molecule has 3 nitrogen and oxygen atoms in total. The van der Waals surface area contributed by atoms with E-state index in [0.29, 0.717) is 0 Å². The molecule has 0 aliphatic rings. The fourth-order valence-corrected chi connectivity index (χ4v) is 5.29. The number of aromatic nitrogens is 1. The van der Waals surface area contributed by atoms with Crippen LogP contribution in [0.3, 0.4) is 0 Å². The van der Waals surface area contributed by atoms with Crippen molar-refractivity contribution in [3.8, 4) is 0 Å². The van der Waals surface area contributed by atoms with E-state index in [1.165, 1.54) is 0 Å². The molecule has 0 aliphatic carbocycles. The molecule has 186 valence electrons. The molecule has 0 saturated heterocycles. The van der Waals surface area contributed by atoms with E-state index in [2.05, 4.69) is 82.1 Å². The lowest BCUT2D eigenvalue weighted by Gasteiger charge is -2.13. The van der Waals surface area contributed by atoms with Crippen LogP contribution >= 0.6 is 31.9 Å². The summed E-state index contributed by atoms with van der Waals surface area (Å²) >= 11 is 7.38. The Labute approximate surface area is 240 Å². The zero-order valence-electron chi connectivity index (χ0n) is 21.1. The molecule has 0 spiro atoms. The molecule has 5 aromatic rings. The smallest absolute Gasteiger partial charge is 0.0966 e. The molecule has 0 unspecified atom stereocenters. The molecular weight excluding hydrogens is 598 g/mol. The van der Waals surface area contributed by atoms with Gasteiger partial charge in [-0.05, 0) is 81.1 Å². The van der Waals surface area contributed by atoms with Crippen molar-refractivity contribution in [1.29, 1.82) is 0 Å². The zero-order chi connectivity index (χ0) is 26.5. The number of rotatable bonds is 6. The lowest BCUT2D eigenvalue weighted by atomic mass is 10.0. The first-order valence-corrected chi connectivity index (χ1v) is 13.9. The van der Waals surface area contributed by atoms with E-state index in [0.717, 1.165) is 65.4 Å². The van der Waals surface area contributed by atoms with Gasteiger partial charge in [0.2, 0.25) is 0 Å². The molecule has 5 heteroatoms. The minimum Gasteiger partial charge on any atom is -0.245 e. The van der Waals surface area contributed by atoms with Crippen LogP contribution in [0.15, 0.2) is 134 Å². The second kappa shape index (κ2) is 11.8. The lowest BCUT2D eigenvalue weighted by molar-refractivity contribution is 1.24. The van der Waals surface area contributed by atoms with Gasteiger partial charge >= 0.3 is 0 Å². The number of halogens is 2. The van der Waals surface area contributed by atoms with Crippen molar-refractivity contribution in [3.05, 3.63) is 158 Å². The van der Waals surface area contributed by atoms with E-state index in [-0.39, 0.29) is 0 Å². The van der Waals surface area contributed by atoms with Crippen LogP contribution in [0.1, 0.15) is 33.6 Å². The van der Waals surface area contributed by atoms with Gasteiger partial charge in [-0.3, -0.25) is 0 Å². The minimum absolute atomic E-state index is 0.774. The molecular formula is C33H25Br2N3. The van der Waals surface area contributed by atoms with Crippen molar-refractivity contribution in [1.82, 2.24) is 4.98 Å². The van der Waals surface area contributed by atoms with Gasteiger partial charge in [-0.2, -0.15) is 0 Å². The van der Waals surface area contributed by atoms with Gasteiger partial charge in [0.15, 0.2) is 0 Å². The van der Waals surface area contributed by atoms with Gasteiger partial charge in [-0.1, -0.05) is 91.0 Å². The Bertz CT molecular complexity index is 1480. The highest BCUT2D eigenvalue weighted by molar-refractivity contribution is 9.11. The van der Waals surface area contributed by atoms with E-state index < -0.39 is 0 Å². The molecule has 0 N–H and O–H groups in total. The van der Waals surface area contributed by atoms with Crippen LogP contribution in [0.25, 0.3) is 0 Å². The summed E-state index contributed by atoms with van der Waals surface area (Å²) in [4.78, 5) is 15.4. The molecule has 0 atom stereocenters. The van der Waals surface area contributed by atoms with E-state index in [4.69, 9.17) is 15.0 Å². The molecule has 0 radical (unpaired) electrons. The van der Waals surface area contributed by atoms with Crippen molar-refractivity contribution in [3.63, 3.8) is 0 Å². The van der Waals surface area contributed by atoms with Crippen LogP contribution in [0.5, 0.6) is 0 Å². The molecule has 5 rings (SSSR count). The first kappa shape index (κ1) is 26.0. The summed E-state index contributed by atoms with van der Waals surface area (Å²) < 4.78 is 1.89. The number of aryl methyl sites for hydroxylation is 2. The SMILES string of the molecule is Cc1cccc(Br)c1/N=C(\c1ccccc1)c1cccc(/C(=N/c2c(C)cccc2Br)c2ccccc2)n1. The Kier molecular flexibility index (Phi) is 8.06. The highest BCUT2D eigenvalue weighted by Gasteiger charge is 2.16. The molecule has 4 aromatic carbocycles. The summed E-state index contributed by atoms with van der Waals surface area (Å²) in [5, 5.41) is 0. The predicted molar refractivity (Wildman–Crippen MR) is 165 cm³/mol. The van der Waals surface area contributed by atoms with Crippen molar-refractivity contribution >= 4 is 54.7 Å². The van der Waals surface area contributed by atoms with Crippen LogP contribution in [0.4, 0.5) is 11.4 Å². The summed E-state index contributed by atoms with van der Waals surface area (Å²) in [6.07, 6.45) is 0. The van der Waals surface area contributed by atoms with E-state index >= 15 is 0 Å². The standard InChI is InChI=1S/C33H25Br2N3/c1-22-12-9-18-26(34)30(22)37-32(24-14-5-3-6-15-24)28-20-11-21-29(36-28)33(25-16-7-4-8-17-25)38-31-23(2)13-10-19-27(31)35/h3-21H,1-2H3/b37-32+,38-33+. The van der Waals surface area contributed by atoms with E-state index in [1.54, 1.807) is 0 Å². The Morgan fingerprint density at radius 3 is 1.29 bits per heavy atom. The van der Waals surface area contributed by atoms with Gasteiger partial charge in [-0.15, -0.1) is 0 Å². The number of aliphatic imine (C=N–C) groups is 2. The molecule has 0 amide bonds. The normalized spacial score (nSPS) is 12.0. The van der Waals surface area contributed by atoms with E-state index in [1.807, 2.05) is 78.9 Å². The maximum atomic E-state index is 5.14. The van der Waals surface area contributed by atoms with Crippen molar-refractivity contribution < 1.29 is 0 Å². The molecule has 38 heavy (non-hydrogen) atoms. The Hall–Kier alpha value is -3.67. The molecule has 1 heterocycles. The maximum Gasteiger partial charge on any atom is 0.0966 e. The van der Waals surface area contributed by atoms with Gasteiger partial charge in [0.1, 0.15) is 0 Å². The Morgan fingerprint density at radius 1 is 0.500 bits per heavy atom. The van der Waals surface area contributed by atoms with Crippen molar-refractivity contribution in [2.75, 3.05) is 0 Å². The van der Waals surface area contributed by atoms with Gasteiger partial charge < -0.3 is 0 Å². The Morgan fingerprint density at radius 2 is 0.895 bits per heavy atom. The second-order valence-corrected chi connectivity index (χ2v) is 10.6. The van der Waals surface area contributed by atoms with Gasteiger partial charge in [0.25, 0.3) is 0 Å². The zero-order valence-corrected chi connectivity index (χ0v) is 24.2. The van der Waals surface area contributed by atoms with Crippen molar-refractivity contribution in [2.45, 2.75) is 13.8 Å². The first-order chi connectivity index (χ1) is 18.5. The first-order valence-electron chi connectivity index (χ1n) is 12.3. The third kappa shape index (κ3) is 5.74. The summed E-state index contributed by atoms with van der Waals surface area (Å²) in [5.41, 5.74) is 9.07. The monoisotopic (exact) mass is 621 g/mol. The average Bonchev–Trinajstić information content (AvgIpc) is 2.94. The predicted octanol–water partition coefficient (Wildman–Crippen LogP) is 9.56. The van der Waals surface area contributed by atoms with Crippen LogP contribution < -0.4 is 0 Å². The number of nitrogens with zero attached hydrogens (tertiary/aromatic N) is 3. The largest absolute Gasteiger partial charge is 0.245 e. The van der Waals surface area contributed by atoms with Crippen LogP contribution in [0.2, 0.25) is 0 Å². The second-order valence-electron chi connectivity index (χ2n) is 8.87. The average molecular weight is 623 g/mol. The number of pyridine rings is 1. The number of para-hydroxylation sites is 2.